The molecule has 2 rings (SSSR count). The van der Waals surface area contributed by atoms with Gasteiger partial charge in [-0.25, -0.2) is 4.79 Å². The molecular weight excluding hydrogens is 336 g/mol. The molecule has 0 spiro atoms. The molecule has 0 atom stereocenters. The van der Waals surface area contributed by atoms with Gasteiger partial charge in [0.25, 0.3) is 5.91 Å². The van der Waals surface area contributed by atoms with Crippen molar-refractivity contribution in [1.29, 1.82) is 0 Å². The fraction of sp³-hybridized carbons (Fsp3) is 0.444. The molecule has 0 fully saturated rings. The maximum absolute atomic E-state index is 12.5. The zero-order valence-corrected chi connectivity index (χ0v) is 16.0. The topological polar surface area (TPSA) is 86.5 Å². The Labute approximate surface area is 153 Å². The number of aromatic nitrogens is 2. The van der Waals surface area contributed by atoms with E-state index in [1.54, 1.807) is 51.8 Å². The van der Waals surface area contributed by atoms with Crippen molar-refractivity contribution in [3.8, 4) is 0 Å². The lowest BCUT2D eigenvalue weighted by Crippen LogP contribution is -2.27. The molecule has 26 heavy (non-hydrogen) atoms. The fourth-order valence-electron chi connectivity index (χ4n) is 2.45. The van der Waals surface area contributed by atoms with E-state index in [0.717, 1.165) is 5.69 Å². The van der Waals surface area contributed by atoms with Gasteiger partial charge in [0.1, 0.15) is 11.3 Å². The summed E-state index contributed by atoms with van der Waals surface area (Å²) in [7, 11) is 5.24. The van der Waals surface area contributed by atoms with Gasteiger partial charge >= 0.3 is 6.09 Å². The zero-order valence-electron chi connectivity index (χ0n) is 16.0. The SMILES string of the molecule is COCc1cc(NC(=O)c2cc(NC(=O)OC(C)(C)C)cn2C)cn1C. The number of nitrogens with one attached hydrogen (secondary N) is 2. The second-order valence-electron chi connectivity index (χ2n) is 7.07. The number of anilines is 2. The number of hydrogen-bond acceptors (Lipinski definition) is 4. The number of ether oxygens (including phenoxy) is 2. The molecular formula is C18H26N4O4. The molecule has 2 amide bonds. The first-order valence-corrected chi connectivity index (χ1v) is 8.21. The lowest BCUT2D eigenvalue weighted by atomic mass is 10.2. The highest BCUT2D eigenvalue weighted by Crippen LogP contribution is 2.18. The van der Waals surface area contributed by atoms with Crippen LogP contribution in [0.15, 0.2) is 24.5 Å². The molecule has 0 saturated carbocycles. The monoisotopic (exact) mass is 362 g/mol. The number of carbonyl (C=O) groups excluding carboxylic acids is 2. The summed E-state index contributed by atoms with van der Waals surface area (Å²) in [5.41, 5.74) is 1.93. The van der Waals surface area contributed by atoms with Crippen molar-refractivity contribution >= 4 is 23.4 Å². The predicted octanol–water partition coefficient (Wildman–Crippen LogP) is 3.11. The summed E-state index contributed by atoms with van der Waals surface area (Å²) in [5.74, 6) is -0.278. The van der Waals surface area contributed by atoms with Crippen LogP contribution in [0, 0.1) is 0 Å². The van der Waals surface area contributed by atoms with E-state index in [-0.39, 0.29) is 5.91 Å². The third-order valence-corrected chi connectivity index (χ3v) is 3.54. The molecule has 0 unspecified atom stereocenters. The number of amides is 2. The van der Waals surface area contributed by atoms with Crippen LogP contribution >= 0.6 is 0 Å². The third kappa shape index (κ3) is 5.13. The summed E-state index contributed by atoms with van der Waals surface area (Å²) in [4.78, 5) is 24.4. The van der Waals surface area contributed by atoms with Gasteiger partial charge in [-0.05, 0) is 32.9 Å². The van der Waals surface area contributed by atoms with Crippen LogP contribution in [-0.2, 0) is 30.2 Å². The molecule has 0 saturated heterocycles. The average Bonchev–Trinajstić information content (AvgIpc) is 3.00. The second-order valence-corrected chi connectivity index (χ2v) is 7.07. The molecule has 2 aromatic heterocycles. The molecule has 8 heteroatoms. The van der Waals surface area contributed by atoms with Crippen LogP contribution in [0.25, 0.3) is 0 Å². The number of methoxy groups -OCH3 is 1. The number of aryl methyl sites for hydroxylation is 2. The number of carbonyl (C=O) groups is 2. The molecule has 2 aromatic rings. The Bertz CT molecular complexity index is 799. The Kier molecular flexibility index (Phi) is 5.76. The van der Waals surface area contributed by atoms with Gasteiger partial charge in [0.15, 0.2) is 0 Å². The first-order valence-electron chi connectivity index (χ1n) is 8.21. The van der Waals surface area contributed by atoms with Crippen molar-refractivity contribution in [3.63, 3.8) is 0 Å². The van der Waals surface area contributed by atoms with E-state index in [2.05, 4.69) is 10.6 Å². The van der Waals surface area contributed by atoms with Crippen molar-refractivity contribution in [1.82, 2.24) is 9.13 Å². The van der Waals surface area contributed by atoms with Gasteiger partial charge < -0.3 is 23.9 Å². The van der Waals surface area contributed by atoms with Crippen LogP contribution in [-0.4, -0.2) is 33.8 Å². The predicted molar refractivity (Wildman–Crippen MR) is 99.3 cm³/mol. The van der Waals surface area contributed by atoms with Crippen molar-refractivity contribution in [2.24, 2.45) is 14.1 Å². The standard InChI is InChI=1S/C18H26N4O4/c1-18(2,3)26-17(24)20-13-8-15(22(5)10-13)16(23)19-12-7-14(11-25-6)21(4)9-12/h7-10H,11H2,1-6H3,(H,19,23)(H,20,24). The van der Waals surface area contributed by atoms with Crippen LogP contribution in [0.1, 0.15) is 37.0 Å². The first kappa shape index (κ1) is 19.6. The van der Waals surface area contributed by atoms with E-state index in [1.165, 1.54) is 0 Å². The van der Waals surface area contributed by atoms with Gasteiger partial charge in [0.2, 0.25) is 0 Å². The van der Waals surface area contributed by atoms with E-state index >= 15 is 0 Å². The van der Waals surface area contributed by atoms with Crippen molar-refractivity contribution < 1.29 is 19.1 Å². The summed E-state index contributed by atoms with van der Waals surface area (Å²) < 4.78 is 13.9. The molecule has 0 aliphatic rings. The molecule has 0 radical (unpaired) electrons. The largest absolute Gasteiger partial charge is 0.444 e. The molecule has 8 nitrogen and oxygen atoms in total. The van der Waals surface area contributed by atoms with Crippen LogP contribution in [0.5, 0.6) is 0 Å². The normalized spacial score (nSPS) is 11.3. The molecule has 0 bridgehead atoms. The molecule has 0 aliphatic heterocycles. The quantitative estimate of drug-likeness (QED) is 0.856. The minimum Gasteiger partial charge on any atom is -0.444 e. The number of rotatable bonds is 5. The van der Waals surface area contributed by atoms with Crippen molar-refractivity contribution in [3.05, 3.63) is 35.9 Å². The maximum atomic E-state index is 12.5. The molecule has 0 aliphatic carbocycles. The van der Waals surface area contributed by atoms with Crippen molar-refractivity contribution in [2.45, 2.75) is 33.0 Å². The van der Waals surface area contributed by atoms with Gasteiger partial charge in [-0.2, -0.15) is 0 Å². The van der Waals surface area contributed by atoms with Gasteiger partial charge in [0.05, 0.1) is 18.0 Å². The Hall–Kier alpha value is -2.74. The minimum atomic E-state index is -0.591. The maximum Gasteiger partial charge on any atom is 0.412 e. The second kappa shape index (κ2) is 7.65. The highest BCUT2D eigenvalue weighted by atomic mass is 16.6. The Morgan fingerprint density at radius 2 is 1.65 bits per heavy atom. The molecule has 142 valence electrons. The van der Waals surface area contributed by atoms with E-state index in [4.69, 9.17) is 9.47 Å². The molecule has 0 aromatic carbocycles. The van der Waals surface area contributed by atoms with Gasteiger partial charge in [-0.1, -0.05) is 0 Å². The summed E-state index contributed by atoms with van der Waals surface area (Å²) in [6, 6.07) is 3.45. The fourth-order valence-corrected chi connectivity index (χ4v) is 2.45. The lowest BCUT2D eigenvalue weighted by molar-refractivity contribution is 0.0635. The Morgan fingerprint density at radius 1 is 1.04 bits per heavy atom. The first-order chi connectivity index (χ1) is 12.1. The number of nitrogens with zero attached hydrogens (tertiary/aromatic N) is 2. The lowest BCUT2D eigenvalue weighted by Gasteiger charge is -2.19. The molecule has 2 N–H and O–H groups in total. The van der Waals surface area contributed by atoms with Crippen LogP contribution in [0.4, 0.5) is 16.2 Å². The zero-order chi connectivity index (χ0) is 19.5. The average molecular weight is 362 g/mol. The van der Waals surface area contributed by atoms with E-state index in [9.17, 15) is 9.59 Å². The minimum absolute atomic E-state index is 0.278. The third-order valence-electron chi connectivity index (χ3n) is 3.54. The highest BCUT2D eigenvalue weighted by Gasteiger charge is 2.18. The summed E-state index contributed by atoms with van der Waals surface area (Å²) in [5, 5.41) is 5.47. The smallest absolute Gasteiger partial charge is 0.412 e. The van der Waals surface area contributed by atoms with E-state index in [0.29, 0.717) is 23.7 Å². The van der Waals surface area contributed by atoms with E-state index < -0.39 is 11.7 Å². The molecule has 2 heterocycles. The van der Waals surface area contributed by atoms with Crippen LogP contribution < -0.4 is 10.6 Å². The number of hydrogen-bond donors (Lipinski definition) is 2. The highest BCUT2D eigenvalue weighted by molar-refractivity contribution is 6.04. The van der Waals surface area contributed by atoms with Crippen LogP contribution in [0.2, 0.25) is 0 Å². The summed E-state index contributed by atoms with van der Waals surface area (Å²) >= 11 is 0. The van der Waals surface area contributed by atoms with Gasteiger partial charge in [-0.15, -0.1) is 0 Å². The Balaban J connectivity index is 2.07. The van der Waals surface area contributed by atoms with Gasteiger partial charge in [-0.3, -0.25) is 10.1 Å². The van der Waals surface area contributed by atoms with E-state index in [1.807, 2.05) is 23.9 Å². The Morgan fingerprint density at radius 3 is 2.27 bits per heavy atom. The van der Waals surface area contributed by atoms with Crippen LogP contribution in [0.3, 0.4) is 0 Å². The van der Waals surface area contributed by atoms with Gasteiger partial charge in [0, 0.05) is 39.3 Å². The summed E-state index contributed by atoms with van der Waals surface area (Å²) in [6.45, 7) is 5.82. The summed E-state index contributed by atoms with van der Waals surface area (Å²) in [6.07, 6.45) is 2.90. The van der Waals surface area contributed by atoms with Crippen molar-refractivity contribution in [2.75, 3.05) is 17.7 Å².